The van der Waals surface area contributed by atoms with Crippen LogP contribution in [0.15, 0.2) is 48.5 Å². The molecule has 6 heteroatoms. The van der Waals surface area contributed by atoms with Gasteiger partial charge < -0.3 is 15.0 Å². The standard InChI is InChI=1S/C19H20F2N2O2/c1-13-6-7-14-4-2-3-5-17(14)23(13)18(24)12-22-15-8-10-16(11-9-15)25-19(20)21/h2-5,8-11,13,19,22H,6-7,12H2,1H3. The van der Waals surface area contributed by atoms with Crippen molar-refractivity contribution in [2.45, 2.75) is 32.4 Å². The molecule has 4 nitrogen and oxygen atoms in total. The van der Waals surface area contributed by atoms with Crippen LogP contribution in [0.2, 0.25) is 0 Å². The van der Waals surface area contributed by atoms with Gasteiger partial charge in [0.05, 0.1) is 6.54 Å². The minimum atomic E-state index is -2.85. The van der Waals surface area contributed by atoms with E-state index in [2.05, 4.69) is 16.1 Å². The highest BCUT2D eigenvalue weighted by atomic mass is 19.3. The zero-order chi connectivity index (χ0) is 17.8. The minimum Gasteiger partial charge on any atom is -0.435 e. The van der Waals surface area contributed by atoms with E-state index in [1.807, 2.05) is 30.0 Å². The average molecular weight is 346 g/mol. The van der Waals surface area contributed by atoms with E-state index in [1.54, 1.807) is 12.1 Å². The second kappa shape index (κ2) is 7.51. The normalized spacial score (nSPS) is 16.5. The third-order valence-electron chi connectivity index (χ3n) is 4.32. The van der Waals surface area contributed by atoms with Crippen molar-refractivity contribution in [2.24, 2.45) is 0 Å². The lowest BCUT2D eigenvalue weighted by molar-refractivity contribution is -0.117. The molecule has 0 fully saturated rings. The van der Waals surface area contributed by atoms with Crippen molar-refractivity contribution in [2.75, 3.05) is 16.8 Å². The number of nitrogens with zero attached hydrogens (tertiary/aromatic N) is 1. The second-order valence-corrected chi connectivity index (χ2v) is 6.04. The molecule has 0 radical (unpaired) electrons. The number of fused-ring (bicyclic) bond motifs is 1. The molecule has 0 saturated carbocycles. The van der Waals surface area contributed by atoms with Gasteiger partial charge in [-0.05, 0) is 55.7 Å². The van der Waals surface area contributed by atoms with E-state index in [0.29, 0.717) is 5.69 Å². The molecule has 1 heterocycles. The highest BCUT2D eigenvalue weighted by Gasteiger charge is 2.27. The first-order valence-electron chi connectivity index (χ1n) is 8.23. The van der Waals surface area contributed by atoms with Crippen LogP contribution in [0.3, 0.4) is 0 Å². The van der Waals surface area contributed by atoms with Gasteiger partial charge in [0.15, 0.2) is 0 Å². The van der Waals surface area contributed by atoms with Crippen LogP contribution in [0.25, 0.3) is 0 Å². The van der Waals surface area contributed by atoms with E-state index in [0.717, 1.165) is 18.5 Å². The number of hydrogen-bond acceptors (Lipinski definition) is 3. The number of benzene rings is 2. The molecular formula is C19H20F2N2O2. The Hall–Kier alpha value is -2.63. The van der Waals surface area contributed by atoms with Crippen LogP contribution in [0.1, 0.15) is 18.9 Å². The summed E-state index contributed by atoms with van der Waals surface area (Å²) in [5.41, 5.74) is 2.82. The first-order chi connectivity index (χ1) is 12.0. The molecule has 1 unspecified atom stereocenters. The third kappa shape index (κ3) is 4.07. The van der Waals surface area contributed by atoms with E-state index in [4.69, 9.17) is 0 Å². The number of aryl methyl sites for hydroxylation is 1. The highest BCUT2D eigenvalue weighted by Crippen LogP contribution is 2.30. The van der Waals surface area contributed by atoms with Gasteiger partial charge in [-0.1, -0.05) is 18.2 Å². The number of nitrogens with one attached hydrogen (secondary N) is 1. The molecule has 1 N–H and O–H groups in total. The molecule has 0 saturated heterocycles. The third-order valence-corrected chi connectivity index (χ3v) is 4.32. The van der Waals surface area contributed by atoms with Gasteiger partial charge in [-0.3, -0.25) is 4.79 Å². The summed E-state index contributed by atoms with van der Waals surface area (Å²) in [7, 11) is 0. The van der Waals surface area contributed by atoms with Crippen molar-refractivity contribution < 1.29 is 18.3 Å². The van der Waals surface area contributed by atoms with Gasteiger partial charge in [-0.25, -0.2) is 0 Å². The Bertz CT molecular complexity index is 734. The predicted octanol–water partition coefficient (Wildman–Crippen LogP) is 4.07. The quantitative estimate of drug-likeness (QED) is 0.887. The number of amides is 1. The van der Waals surface area contributed by atoms with Crippen LogP contribution in [0.4, 0.5) is 20.2 Å². The van der Waals surface area contributed by atoms with E-state index in [1.165, 1.54) is 17.7 Å². The summed E-state index contributed by atoms with van der Waals surface area (Å²) in [5.74, 6) is 0.0676. The van der Waals surface area contributed by atoms with Crippen molar-refractivity contribution in [1.29, 1.82) is 0 Å². The Kier molecular flexibility index (Phi) is 5.16. The van der Waals surface area contributed by atoms with Crippen molar-refractivity contribution in [3.63, 3.8) is 0 Å². The van der Waals surface area contributed by atoms with E-state index < -0.39 is 6.61 Å². The number of rotatable bonds is 5. The highest BCUT2D eigenvalue weighted by molar-refractivity contribution is 5.97. The second-order valence-electron chi connectivity index (χ2n) is 6.04. The summed E-state index contributed by atoms with van der Waals surface area (Å²) in [6.45, 7) is -0.668. The fraction of sp³-hybridized carbons (Fsp3) is 0.316. The van der Waals surface area contributed by atoms with E-state index >= 15 is 0 Å². The number of ether oxygens (including phenoxy) is 1. The average Bonchev–Trinajstić information content (AvgIpc) is 2.60. The van der Waals surface area contributed by atoms with Crippen LogP contribution in [0, 0.1) is 0 Å². The molecule has 0 aromatic heterocycles. The molecule has 0 bridgehead atoms. The number of alkyl halides is 2. The summed E-state index contributed by atoms with van der Waals surface area (Å²) in [6.07, 6.45) is 1.91. The molecule has 132 valence electrons. The maximum atomic E-state index is 12.7. The molecule has 1 aliphatic heterocycles. The van der Waals surface area contributed by atoms with Crippen LogP contribution in [-0.2, 0) is 11.2 Å². The Morgan fingerprint density at radius 3 is 2.68 bits per heavy atom. The van der Waals surface area contributed by atoms with Crippen LogP contribution in [-0.4, -0.2) is 25.1 Å². The van der Waals surface area contributed by atoms with Crippen molar-refractivity contribution in [1.82, 2.24) is 0 Å². The molecule has 0 spiro atoms. The lowest BCUT2D eigenvalue weighted by Gasteiger charge is -2.35. The Labute approximate surface area is 145 Å². The smallest absolute Gasteiger partial charge is 0.387 e. The van der Waals surface area contributed by atoms with Crippen LogP contribution in [0.5, 0.6) is 5.75 Å². The van der Waals surface area contributed by atoms with Gasteiger partial charge in [-0.15, -0.1) is 0 Å². The van der Waals surface area contributed by atoms with Gasteiger partial charge in [0.25, 0.3) is 0 Å². The van der Waals surface area contributed by atoms with Crippen LogP contribution < -0.4 is 15.0 Å². The monoisotopic (exact) mass is 346 g/mol. The molecular weight excluding hydrogens is 326 g/mol. The van der Waals surface area contributed by atoms with Gasteiger partial charge in [0.2, 0.25) is 5.91 Å². The molecule has 2 aromatic carbocycles. The van der Waals surface area contributed by atoms with Gasteiger partial charge in [0.1, 0.15) is 5.75 Å². The minimum absolute atomic E-state index is 0.0208. The number of anilines is 2. The van der Waals surface area contributed by atoms with E-state index in [-0.39, 0.29) is 24.2 Å². The number of hydrogen-bond donors (Lipinski definition) is 1. The lowest BCUT2D eigenvalue weighted by Crippen LogP contribution is -2.44. The summed E-state index contributed by atoms with van der Waals surface area (Å²) in [4.78, 5) is 14.5. The summed E-state index contributed by atoms with van der Waals surface area (Å²) >= 11 is 0. The number of carbonyl (C=O) groups excluding carboxylic acids is 1. The molecule has 0 aliphatic carbocycles. The Morgan fingerprint density at radius 1 is 1.24 bits per heavy atom. The zero-order valence-corrected chi connectivity index (χ0v) is 13.9. The summed E-state index contributed by atoms with van der Waals surface area (Å²) in [6, 6.07) is 14.2. The van der Waals surface area contributed by atoms with Crippen molar-refractivity contribution >= 4 is 17.3 Å². The number of halogens is 2. The predicted molar refractivity (Wildman–Crippen MR) is 93.3 cm³/mol. The van der Waals surface area contributed by atoms with Gasteiger partial charge >= 0.3 is 6.61 Å². The number of para-hydroxylation sites is 1. The zero-order valence-electron chi connectivity index (χ0n) is 13.9. The fourth-order valence-corrected chi connectivity index (χ4v) is 3.09. The summed E-state index contributed by atoms with van der Waals surface area (Å²) in [5, 5.41) is 3.04. The van der Waals surface area contributed by atoms with Crippen LogP contribution >= 0.6 is 0 Å². The Morgan fingerprint density at radius 2 is 1.96 bits per heavy atom. The molecule has 2 aromatic rings. The maximum Gasteiger partial charge on any atom is 0.387 e. The maximum absolute atomic E-state index is 12.7. The van der Waals surface area contributed by atoms with Gasteiger partial charge in [0, 0.05) is 17.4 Å². The largest absolute Gasteiger partial charge is 0.435 e. The molecule has 1 amide bonds. The molecule has 25 heavy (non-hydrogen) atoms. The topological polar surface area (TPSA) is 41.6 Å². The van der Waals surface area contributed by atoms with Crippen molar-refractivity contribution in [3.8, 4) is 5.75 Å². The fourth-order valence-electron chi connectivity index (χ4n) is 3.09. The SMILES string of the molecule is CC1CCc2ccccc2N1C(=O)CNc1ccc(OC(F)F)cc1. The lowest BCUT2D eigenvalue weighted by atomic mass is 9.96. The first-order valence-corrected chi connectivity index (χ1v) is 8.23. The van der Waals surface area contributed by atoms with Crippen molar-refractivity contribution in [3.05, 3.63) is 54.1 Å². The number of carbonyl (C=O) groups is 1. The summed E-state index contributed by atoms with van der Waals surface area (Å²) < 4.78 is 28.6. The first kappa shape index (κ1) is 17.2. The molecule has 3 rings (SSSR count). The molecule has 1 aliphatic rings. The van der Waals surface area contributed by atoms with Gasteiger partial charge in [-0.2, -0.15) is 8.78 Å². The molecule has 1 atom stereocenters. The van der Waals surface area contributed by atoms with E-state index in [9.17, 15) is 13.6 Å². The Balaban J connectivity index is 1.64.